The largest absolute Gasteiger partial charge is 0.467 e. The second kappa shape index (κ2) is 12.9. The number of nitrogens with one attached hydrogen (secondary N) is 2. The van der Waals surface area contributed by atoms with Crippen molar-refractivity contribution in [1.82, 2.24) is 19.8 Å². The van der Waals surface area contributed by atoms with Crippen LogP contribution in [0.15, 0.2) is 59.5 Å². The van der Waals surface area contributed by atoms with Gasteiger partial charge in [-0.3, -0.25) is 24.5 Å². The number of rotatable bonds is 12. The van der Waals surface area contributed by atoms with E-state index in [0.29, 0.717) is 0 Å². The van der Waals surface area contributed by atoms with Crippen LogP contribution in [0.1, 0.15) is 31.2 Å². The molecule has 1 saturated heterocycles. The summed E-state index contributed by atoms with van der Waals surface area (Å²) in [5, 5.41) is 16.1. The SMILES string of the molecule is CNC(=O)CC[C@H](NC(=O)[C@H](Cc1ccccc1)N1CCN(S(=O)(=O)c2ccc([N+](=O)[O-])cc2)C2(CC2)C1=O)C(=O)OC. The number of carbonyl (C=O) groups is 4. The predicted octanol–water partition coefficient (Wildman–Crippen LogP) is 0.756. The van der Waals surface area contributed by atoms with Gasteiger partial charge in [0, 0.05) is 45.1 Å². The predicted molar refractivity (Wildman–Crippen MR) is 152 cm³/mol. The minimum Gasteiger partial charge on any atom is -0.467 e. The Labute approximate surface area is 248 Å². The van der Waals surface area contributed by atoms with E-state index in [-0.39, 0.29) is 61.7 Å². The number of amides is 3. The standard InChI is InChI=1S/C28H33N5O9S/c1-29-24(34)13-12-22(26(36)42-2)30-25(35)23(18-19-6-4-3-5-7-19)31-16-17-32(28(14-15-28)27(31)37)43(40,41)21-10-8-20(9-11-21)33(38)39/h3-11,22-23H,12-18H2,1-2H3,(H,29,34)(H,30,35)/t22-,23-/m0/s1. The number of nitrogens with zero attached hydrogens (tertiary/aromatic N) is 3. The molecule has 43 heavy (non-hydrogen) atoms. The average Bonchev–Trinajstić information content (AvgIpc) is 3.80. The molecule has 1 heterocycles. The summed E-state index contributed by atoms with van der Waals surface area (Å²) in [6, 6.07) is 11.2. The number of non-ortho nitro benzene ring substituents is 1. The molecule has 3 amide bonds. The van der Waals surface area contributed by atoms with Crippen LogP contribution in [-0.2, 0) is 40.4 Å². The molecule has 2 aliphatic rings. The van der Waals surface area contributed by atoms with Gasteiger partial charge in [-0.25, -0.2) is 13.2 Å². The molecule has 4 rings (SSSR count). The molecule has 1 aliphatic carbocycles. The maximum Gasteiger partial charge on any atom is 0.328 e. The monoisotopic (exact) mass is 615 g/mol. The first-order chi connectivity index (χ1) is 20.4. The molecular weight excluding hydrogens is 582 g/mol. The van der Waals surface area contributed by atoms with Crippen LogP contribution >= 0.6 is 0 Å². The van der Waals surface area contributed by atoms with Crippen LogP contribution in [0, 0.1) is 10.1 Å². The maximum absolute atomic E-state index is 14.0. The zero-order chi connectivity index (χ0) is 31.4. The van der Waals surface area contributed by atoms with Crippen molar-refractivity contribution in [2.45, 2.75) is 54.6 Å². The van der Waals surface area contributed by atoms with Crippen molar-refractivity contribution in [3.63, 3.8) is 0 Å². The number of carbonyl (C=O) groups excluding carboxylic acids is 4. The quantitative estimate of drug-likeness (QED) is 0.198. The highest BCUT2D eigenvalue weighted by atomic mass is 32.2. The van der Waals surface area contributed by atoms with Gasteiger partial charge in [0.1, 0.15) is 17.6 Å². The Morgan fingerprint density at radius 1 is 1.07 bits per heavy atom. The van der Waals surface area contributed by atoms with Gasteiger partial charge < -0.3 is 20.3 Å². The van der Waals surface area contributed by atoms with Gasteiger partial charge in [-0.1, -0.05) is 30.3 Å². The Morgan fingerprint density at radius 3 is 2.28 bits per heavy atom. The van der Waals surface area contributed by atoms with Crippen molar-refractivity contribution in [3.05, 3.63) is 70.3 Å². The Bertz CT molecular complexity index is 1490. The Hall–Kier alpha value is -4.37. The normalized spacial score (nSPS) is 17.5. The molecule has 15 heteroatoms. The third-order valence-electron chi connectivity index (χ3n) is 7.73. The number of piperazine rings is 1. The molecule has 0 radical (unpaired) electrons. The van der Waals surface area contributed by atoms with Crippen LogP contribution < -0.4 is 10.6 Å². The lowest BCUT2D eigenvalue weighted by Crippen LogP contribution is -2.65. The van der Waals surface area contributed by atoms with Gasteiger partial charge in [-0.2, -0.15) is 4.31 Å². The first kappa shape index (κ1) is 31.6. The van der Waals surface area contributed by atoms with Gasteiger partial charge >= 0.3 is 5.97 Å². The summed E-state index contributed by atoms with van der Waals surface area (Å²) in [6.07, 6.45) is 0.486. The summed E-state index contributed by atoms with van der Waals surface area (Å²) < 4.78 is 33.1. The molecule has 0 unspecified atom stereocenters. The molecule has 230 valence electrons. The van der Waals surface area contributed by atoms with Crippen molar-refractivity contribution >= 4 is 39.4 Å². The van der Waals surface area contributed by atoms with E-state index in [1.807, 2.05) is 0 Å². The van der Waals surface area contributed by atoms with Gasteiger partial charge in [0.05, 0.1) is 16.9 Å². The lowest BCUT2D eigenvalue weighted by molar-refractivity contribution is -0.384. The van der Waals surface area contributed by atoms with Crippen molar-refractivity contribution in [1.29, 1.82) is 0 Å². The molecule has 2 fully saturated rings. The summed E-state index contributed by atoms with van der Waals surface area (Å²) in [4.78, 5) is 63.6. The van der Waals surface area contributed by atoms with Crippen LogP contribution in [0.3, 0.4) is 0 Å². The molecule has 0 bridgehead atoms. The number of hydrogen-bond acceptors (Lipinski definition) is 9. The third kappa shape index (κ3) is 6.67. The minimum absolute atomic E-state index is 0.0325. The average molecular weight is 616 g/mol. The maximum atomic E-state index is 14.0. The highest BCUT2D eigenvalue weighted by molar-refractivity contribution is 7.89. The lowest BCUT2D eigenvalue weighted by Gasteiger charge is -2.43. The van der Waals surface area contributed by atoms with Crippen LogP contribution in [0.5, 0.6) is 0 Å². The topological polar surface area (TPSA) is 185 Å². The number of methoxy groups -OCH3 is 1. The van der Waals surface area contributed by atoms with E-state index < -0.39 is 50.4 Å². The molecule has 1 spiro atoms. The number of nitro benzene ring substituents is 1. The molecular formula is C28H33N5O9S. The number of esters is 1. The Balaban J connectivity index is 1.61. The van der Waals surface area contributed by atoms with Crippen LogP contribution in [0.25, 0.3) is 0 Å². The third-order valence-corrected chi connectivity index (χ3v) is 9.71. The van der Waals surface area contributed by atoms with E-state index in [4.69, 9.17) is 4.74 Å². The van der Waals surface area contributed by atoms with Gasteiger partial charge in [-0.05, 0) is 37.0 Å². The van der Waals surface area contributed by atoms with E-state index in [1.54, 1.807) is 30.3 Å². The highest BCUT2D eigenvalue weighted by Crippen LogP contribution is 2.48. The summed E-state index contributed by atoms with van der Waals surface area (Å²) in [5.74, 6) is -2.27. The number of sulfonamides is 1. The van der Waals surface area contributed by atoms with Crippen molar-refractivity contribution in [2.24, 2.45) is 0 Å². The van der Waals surface area contributed by atoms with E-state index in [0.717, 1.165) is 41.2 Å². The molecule has 2 N–H and O–H groups in total. The molecule has 2 aromatic rings. The smallest absolute Gasteiger partial charge is 0.328 e. The Kier molecular flexibility index (Phi) is 9.45. The molecule has 0 aromatic heterocycles. The fourth-order valence-electron chi connectivity index (χ4n) is 5.23. The zero-order valence-corrected chi connectivity index (χ0v) is 24.5. The second-order valence-corrected chi connectivity index (χ2v) is 12.2. The molecule has 2 aromatic carbocycles. The second-order valence-electron chi connectivity index (χ2n) is 10.4. The summed E-state index contributed by atoms with van der Waals surface area (Å²) in [7, 11) is -1.59. The molecule has 1 aliphatic heterocycles. The van der Waals surface area contributed by atoms with E-state index in [2.05, 4.69) is 10.6 Å². The van der Waals surface area contributed by atoms with E-state index in [9.17, 15) is 37.7 Å². The number of hydrogen-bond donors (Lipinski definition) is 2. The fourth-order valence-corrected chi connectivity index (χ4v) is 7.00. The first-order valence-electron chi connectivity index (χ1n) is 13.7. The van der Waals surface area contributed by atoms with Crippen molar-refractivity contribution < 1.29 is 37.3 Å². The van der Waals surface area contributed by atoms with Gasteiger partial charge in [-0.15, -0.1) is 0 Å². The van der Waals surface area contributed by atoms with Crippen LogP contribution in [-0.4, -0.2) is 91.1 Å². The van der Waals surface area contributed by atoms with E-state index in [1.165, 1.54) is 11.9 Å². The fraction of sp³-hybridized carbons (Fsp3) is 0.429. The minimum atomic E-state index is -4.20. The first-order valence-corrected chi connectivity index (χ1v) is 15.1. The van der Waals surface area contributed by atoms with Gasteiger partial charge in [0.25, 0.3) is 5.69 Å². The van der Waals surface area contributed by atoms with Crippen LogP contribution in [0.2, 0.25) is 0 Å². The molecule has 1 saturated carbocycles. The number of nitro groups is 1. The van der Waals surface area contributed by atoms with E-state index >= 15 is 0 Å². The van der Waals surface area contributed by atoms with Crippen molar-refractivity contribution in [3.8, 4) is 0 Å². The summed E-state index contributed by atoms with van der Waals surface area (Å²) in [5.41, 5.74) is -0.924. The zero-order valence-electron chi connectivity index (χ0n) is 23.7. The molecule has 2 atom stereocenters. The highest BCUT2D eigenvalue weighted by Gasteiger charge is 2.63. The van der Waals surface area contributed by atoms with Crippen molar-refractivity contribution in [2.75, 3.05) is 27.2 Å². The lowest BCUT2D eigenvalue weighted by atomic mass is 10.00. The Morgan fingerprint density at radius 2 is 1.72 bits per heavy atom. The summed E-state index contributed by atoms with van der Waals surface area (Å²) >= 11 is 0. The molecule has 14 nitrogen and oxygen atoms in total. The van der Waals surface area contributed by atoms with Crippen LogP contribution in [0.4, 0.5) is 5.69 Å². The summed E-state index contributed by atoms with van der Waals surface area (Å²) in [6.45, 7) is -0.223. The van der Waals surface area contributed by atoms with Gasteiger partial charge in [0.2, 0.25) is 27.7 Å². The van der Waals surface area contributed by atoms with Gasteiger partial charge in [0.15, 0.2) is 0 Å². The number of benzene rings is 2. The number of ether oxygens (including phenoxy) is 1.